The van der Waals surface area contributed by atoms with Gasteiger partial charge in [-0.2, -0.15) is 0 Å². The van der Waals surface area contributed by atoms with Gasteiger partial charge in [-0.25, -0.2) is 0 Å². The minimum atomic E-state index is 0.240. The summed E-state index contributed by atoms with van der Waals surface area (Å²) in [4.78, 5) is 4.39. The Hall–Kier alpha value is -7.43. The highest BCUT2D eigenvalue weighted by molar-refractivity contribution is 6.50. The van der Waals surface area contributed by atoms with Crippen LogP contribution >= 0.6 is 0 Å². The summed E-state index contributed by atoms with van der Waals surface area (Å²) >= 11 is 0. The van der Waals surface area contributed by atoms with Crippen molar-refractivity contribution in [3.8, 4) is 33.4 Å². The second-order valence-electron chi connectivity index (χ2n) is 13.7. The van der Waals surface area contributed by atoms with Crippen molar-refractivity contribution in [2.75, 3.05) is 5.73 Å². The van der Waals surface area contributed by atoms with Crippen LogP contribution in [0.1, 0.15) is 5.56 Å². The van der Waals surface area contributed by atoms with E-state index < -0.39 is 0 Å². The van der Waals surface area contributed by atoms with Gasteiger partial charge in [-0.3, -0.25) is 15.8 Å². The lowest BCUT2D eigenvalue weighted by atomic mass is 9.84. The lowest BCUT2D eigenvalue weighted by Gasteiger charge is -2.19. The summed E-state index contributed by atoms with van der Waals surface area (Å²) in [7, 11) is 0. The monoisotopic (exact) mass is 704 g/mol. The molecule has 0 amide bonds. The van der Waals surface area contributed by atoms with Gasteiger partial charge in [-0.15, -0.1) is 0 Å². The molecular formula is C51H36N4. The van der Waals surface area contributed by atoms with E-state index in [0.717, 1.165) is 38.5 Å². The molecule has 1 heterocycles. The Morgan fingerprint density at radius 3 is 1.64 bits per heavy atom. The number of nitrogens with zero attached hydrogens (tertiary/aromatic N) is 1. The second-order valence-corrected chi connectivity index (χ2v) is 13.7. The summed E-state index contributed by atoms with van der Waals surface area (Å²) in [5, 5.41) is 25.5. The van der Waals surface area contributed by atoms with Crippen LogP contribution in [-0.2, 0) is 0 Å². The van der Waals surface area contributed by atoms with Gasteiger partial charge in [0.15, 0.2) is 0 Å². The van der Waals surface area contributed by atoms with E-state index in [1.165, 1.54) is 54.7 Å². The molecule has 0 aliphatic heterocycles. The number of pyridine rings is 1. The van der Waals surface area contributed by atoms with E-state index in [2.05, 4.69) is 145 Å². The van der Waals surface area contributed by atoms with Crippen LogP contribution < -0.4 is 5.73 Å². The Kier molecular flexibility index (Phi) is 8.62. The molecule has 0 saturated carbocycles. The highest BCUT2D eigenvalue weighted by Crippen LogP contribution is 2.44. The summed E-state index contributed by atoms with van der Waals surface area (Å²) in [6.45, 7) is 0. The standard InChI is InChI=1S/C32H22N2.C19H14N2/c33-29-18-16-24(20-30(29)34)23-15-17-27-28(19-23)32(22-11-5-2-6-12-22)26-14-8-7-13-25(26)31(27)21-9-3-1-4-10-21;20-19-10-9-16(15-7-3-4-8-17(15)19)18-12-21-11-13-5-1-2-6-14(13)18/h1-20,33-34H;1-12H,20H2. The van der Waals surface area contributed by atoms with E-state index in [-0.39, 0.29) is 11.4 Å². The molecule has 0 unspecified atom stereocenters. The molecule has 55 heavy (non-hydrogen) atoms. The van der Waals surface area contributed by atoms with Gasteiger partial charge in [0.05, 0.1) is 11.4 Å². The van der Waals surface area contributed by atoms with Gasteiger partial charge < -0.3 is 5.73 Å². The van der Waals surface area contributed by atoms with Gasteiger partial charge in [0.2, 0.25) is 0 Å². The summed E-state index contributed by atoms with van der Waals surface area (Å²) in [6.07, 6.45) is 9.25. The zero-order valence-electron chi connectivity index (χ0n) is 30.0. The molecule has 0 bridgehead atoms. The summed E-state index contributed by atoms with van der Waals surface area (Å²) in [5.74, 6) is 0. The maximum atomic E-state index is 8.12. The molecule has 1 aliphatic rings. The quantitative estimate of drug-likeness (QED) is 0.0967. The van der Waals surface area contributed by atoms with Gasteiger partial charge in [0.25, 0.3) is 0 Å². The van der Waals surface area contributed by atoms with Gasteiger partial charge in [0, 0.05) is 34.4 Å². The Morgan fingerprint density at radius 2 is 0.964 bits per heavy atom. The zero-order valence-corrected chi connectivity index (χ0v) is 30.0. The third kappa shape index (κ3) is 6.16. The largest absolute Gasteiger partial charge is 0.398 e. The van der Waals surface area contributed by atoms with Crippen LogP contribution in [0.2, 0.25) is 0 Å². The van der Waals surface area contributed by atoms with Crippen LogP contribution in [-0.4, -0.2) is 16.4 Å². The number of nitrogens with one attached hydrogen (secondary N) is 2. The first-order valence-electron chi connectivity index (χ1n) is 18.3. The number of hydrogen-bond donors (Lipinski definition) is 3. The molecule has 10 rings (SSSR count). The van der Waals surface area contributed by atoms with Crippen LogP contribution in [0.4, 0.5) is 5.69 Å². The van der Waals surface area contributed by atoms with E-state index in [4.69, 9.17) is 16.6 Å². The van der Waals surface area contributed by atoms with Crippen molar-refractivity contribution in [2.45, 2.75) is 0 Å². The molecule has 260 valence electrons. The van der Waals surface area contributed by atoms with Crippen LogP contribution in [0.15, 0.2) is 194 Å². The van der Waals surface area contributed by atoms with Crippen LogP contribution in [0.3, 0.4) is 0 Å². The Morgan fingerprint density at radius 1 is 0.400 bits per heavy atom. The number of benzene rings is 8. The minimum absolute atomic E-state index is 0.240. The maximum Gasteiger partial charge on any atom is 0.0795 e. The fourth-order valence-electron chi connectivity index (χ4n) is 7.80. The molecule has 4 nitrogen and oxygen atoms in total. The van der Waals surface area contributed by atoms with E-state index in [9.17, 15) is 0 Å². The predicted octanol–water partition coefficient (Wildman–Crippen LogP) is 13.0. The highest BCUT2D eigenvalue weighted by Gasteiger charge is 2.18. The van der Waals surface area contributed by atoms with Gasteiger partial charge in [0.1, 0.15) is 0 Å². The second kappa shape index (κ2) is 14.2. The predicted molar refractivity (Wildman–Crippen MR) is 234 cm³/mol. The third-order valence-corrected chi connectivity index (χ3v) is 10.4. The van der Waals surface area contributed by atoms with Crippen LogP contribution in [0.25, 0.3) is 82.0 Å². The smallest absolute Gasteiger partial charge is 0.0795 e. The average molecular weight is 705 g/mol. The van der Waals surface area contributed by atoms with Gasteiger partial charge >= 0.3 is 0 Å². The number of allylic oxidation sites excluding steroid dienone is 4. The van der Waals surface area contributed by atoms with Gasteiger partial charge in [-0.05, 0) is 95.6 Å². The minimum Gasteiger partial charge on any atom is -0.398 e. The van der Waals surface area contributed by atoms with Crippen molar-refractivity contribution in [1.82, 2.24) is 4.98 Å². The topological polar surface area (TPSA) is 86.6 Å². The molecule has 9 aromatic rings. The number of hydrogen-bond acceptors (Lipinski definition) is 4. The van der Waals surface area contributed by atoms with Crippen LogP contribution in [0.5, 0.6) is 0 Å². The van der Waals surface area contributed by atoms with Crippen molar-refractivity contribution in [3.63, 3.8) is 0 Å². The number of nitrogen functional groups attached to an aromatic ring is 1. The fourth-order valence-corrected chi connectivity index (χ4v) is 7.80. The van der Waals surface area contributed by atoms with E-state index >= 15 is 0 Å². The molecule has 0 spiro atoms. The van der Waals surface area contributed by atoms with Crippen molar-refractivity contribution >= 4 is 65.8 Å². The molecule has 0 saturated heterocycles. The normalized spacial score (nSPS) is 12.5. The number of fused-ring (bicyclic) bond motifs is 4. The average Bonchev–Trinajstić information content (AvgIpc) is 3.24. The molecule has 8 aromatic carbocycles. The number of aromatic nitrogens is 1. The molecule has 1 aliphatic carbocycles. The number of anilines is 1. The first kappa shape index (κ1) is 33.4. The van der Waals surface area contributed by atoms with Crippen LogP contribution in [0, 0.1) is 10.8 Å². The molecule has 0 atom stereocenters. The van der Waals surface area contributed by atoms with E-state index in [1.807, 2.05) is 42.7 Å². The first-order chi connectivity index (χ1) is 27.0. The van der Waals surface area contributed by atoms with Crippen molar-refractivity contribution in [3.05, 3.63) is 200 Å². The van der Waals surface area contributed by atoms with E-state index in [0.29, 0.717) is 0 Å². The number of nitrogens with two attached hydrogens (primary N) is 1. The lowest BCUT2D eigenvalue weighted by molar-refractivity contribution is 1.36. The molecular weight excluding hydrogens is 669 g/mol. The molecule has 4 N–H and O–H groups in total. The summed E-state index contributed by atoms with van der Waals surface area (Å²) in [6, 6.07) is 57.0. The lowest BCUT2D eigenvalue weighted by Crippen LogP contribution is -2.09. The highest BCUT2D eigenvalue weighted by atomic mass is 14.6. The Balaban J connectivity index is 0.000000161. The molecule has 0 fully saturated rings. The zero-order chi connectivity index (χ0) is 37.3. The summed E-state index contributed by atoms with van der Waals surface area (Å²) in [5.41, 5.74) is 16.5. The fraction of sp³-hybridized carbons (Fsp3) is 0. The molecule has 0 radical (unpaired) electrons. The van der Waals surface area contributed by atoms with Crippen molar-refractivity contribution in [1.29, 1.82) is 10.8 Å². The summed E-state index contributed by atoms with van der Waals surface area (Å²) < 4.78 is 0. The van der Waals surface area contributed by atoms with Crippen molar-refractivity contribution in [2.24, 2.45) is 0 Å². The Labute approximate surface area is 319 Å². The SMILES string of the molecule is N=C1C=CC(c2ccc3c(-c4ccccc4)c4ccccc4c(-c4ccccc4)c3c2)=CC1=N.Nc1ccc(-c2cncc3ccccc23)c2ccccc12. The molecule has 1 aromatic heterocycles. The number of rotatable bonds is 4. The maximum absolute atomic E-state index is 8.12. The molecule has 4 heteroatoms. The first-order valence-corrected chi connectivity index (χ1v) is 18.3. The van der Waals surface area contributed by atoms with Gasteiger partial charge in [-0.1, -0.05) is 158 Å². The van der Waals surface area contributed by atoms with E-state index in [1.54, 1.807) is 12.2 Å². The van der Waals surface area contributed by atoms with Crippen molar-refractivity contribution < 1.29 is 0 Å². The Bertz CT molecular complexity index is 3010. The third-order valence-electron chi connectivity index (χ3n) is 10.4.